The molecule has 0 bridgehead atoms. The van der Waals surface area contributed by atoms with Crippen LogP contribution in [0.5, 0.6) is 0 Å². The molecule has 0 aliphatic rings. The van der Waals surface area contributed by atoms with Crippen LogP contribution in [0.1, 0.15) is 11.1 Å². The predicted molar refractivity (Wildman–Crippen MR) is 107 cm³/mol. The first-order chi connectivity index (χ1) is 13.2. The van der Waals surface area contributed by atoms with Crippen LogP contribution in [0, 0.1) is 0 Å². The molecule has 0 radical (unpaired) electrons. The molecule has 146 valence electrons. The molecule has 0 heterocycles. The Hall–Kier alpha value is -2.52. The van der Waals surface area contributed by atoms with Crippen molar-refractivity contribution in [3.8, 4) is 11.1 Å². The summed E-state index contributed by atoms with van der Waals surface area (Å²) in [6.45, 7) is 0. The minimum absolute atomic E-state index is 0.115. The monoisotopic (exact) mass is 417 g/mol. The lowest BCUT2D eigenvalue weighted by Crippen LogP contribution is -2.15. The molecule has 0 aliphatic carbocycles. The van der Waals surface area contributed by atoms with Crippen LogP contribution in [-0.4, -0.2) is 21.4 Å². The predicted octanol–water partition coefficient (Wildman–Crippen LogP) is 3.03. The van der Waals surface area contributed by atoms with E-state index in [-0.39, 0.29) is 10.5 Å². The number of aryl methyl sites for hydroxylation is 2. The molecule has 0 aromatic heterocycles. The number of hydrogen-bond donors (Lipinski definition) is 2. The summed E-state index contributed by atoms with van der Waals surface area (Å²) in [5.74, 6) is 0. The molecule has 0 atom stereocenters. The van der Waals surface area contributed by atoms with E-state index in [1.165, 1.54) is 12.1 Å². The Bertz CT molecular complexity index is 1150. The molecule has 28 heavy (non-hydrogen) atoms. The van der Waals surface area contributed by atoms with E-state index >= 15 is 0 Å². The molecule has 0 fully saturated rings. The highest BCUT2D eigenvalue weighted by atomic mass is 32.2. The highest BCUT2D eigenvalue weighted by molar-refractivity contribution is 7.89. The second-order valence-electron chi connectivity index (χ2n) is 6.29. The van der Waals surface area contributed by atoms with E-state index in [9.17, 15) is 21.4 Å². The lowest BCUT2D eigenvalue weighted by atomic mass is 9.95. The fourth-order valence-corrected chi connectivity index (χ4v) is 4.70. The minimum atomic E-state index is -4.67. The van der Waals surface area contributed by atoms with Gasteiger partial charge in [0.15, 0.2) is 0 Å². The number of sulfonamides is 1. The third kappa shape index (κ3) is 4.48. The van der Waals surface area contributed by atoms with Crippen molar-refractivity contribution in [2.45, 2.75) is 22.6 Å². The van der Waals surface area contributed by atoms with Crippen LogP contribution in [0.15, 0.2) is 82.6 Å². The summed E-state index contributed by atoms with van der Waals surface area (Å²) in [7, 11) is -8.89. The molecule has 0 unspecified atom stereocenters. The van der Waals surface area contributed by atoms with Crippen molar-refractivity contribution in [2.24, 2.45) is 5.14 Å². The van der Waals surface area contributed by atoms with Gasteiger partial charge in [-0.05, 0) is 41.7 Å². The van der Waals surface area contributed by atoms with E-state index in [0.717, 1.165) is 17.2 Å². The van der Waals surface area contributed by atoms with Crippen molar-refractivity contribution < 1.29 is 21.4 Å². The van der Waals surface area contributed by atoms with Crippen LogP contribution in [0.25, 0.3) is 11.1 Å². The van der Waals surface area contributed by atoms with Gasteiger partial charge in [0, 0.05) is 5.56 Å². The zero-order chi connectivity index (χ0) is 20.4. The van der Waals surface area contributed by atoms with Gasteiger partial charge in [-0.2, -0.15) is 8.42 Å². The molecular weight excluding hydrogens is 398 g/mol. The van der Waals surface area contributed by atoms with E-state index in [0.29, 0.717) is 18.4 Å². The Balaban J connectivity index is 2.19. The topological polar surface area (TPSA) is 115 Å². The van der Waals surface area contributed by atoms with Gasteiger partial charge in [-0.3, -0.25) is 4.55 Å². The average molecular weight is 418 g/mol. The summed E-state index contributed by atoms with van der Waals surface area (Å²) in [6, 6.07) is 20.2. The van der Waals surface area contributed by atoms with Gasteiger partial charge in [-0.15, -0.1) is 0 Å². The van der Waals surface area contributed by atoms with Gasteiger partial charge in [-0.25, -0.2) is 13.6 Å². The van der Waals surface area contributed by atoms with Crippen LogP contribution in [0.2, 0.25) is 0 Å². The maximum Gasteiger partial charge on any atom is 0.295 e. The zero-order valence-electron chi connectivity index (χ0n) is 14.8. The molecule has 3 N–H and O–H groups in total. The fraction of sp³-hybridized carbons (Fsp3) is 0.100. The molecule has 8 heteroatoms. The number of nitrogens with two attached hydrogens (primary N) is 1. The number of rotatable bonds is 6. The molecule has 0 amide bonds. The molecule has 3 rings (SSSR count). The lowest BCUT2D eigenvalue weighted by Gasteiger charge is -2.16. The van der Waals surface area contributed by atoms with Crippen LogP contribution in [0.4, 0.5) is 0 Å². The SMILES string of the molecule is NS(=O)(=O)c1cccc(S(=O)(=O)O)c1-c1ccccc1CCc1ccccc1. The number of hydrogen-bond acceptors (Lipinski definition) is 4. The van der Waals surface area contributed by atoms with Crippen molar-refractivity contribution in [3.05, 3.63) is 83.9 Å². The quantitative estimate of drug-likeness (QED) is 0.598. The molecule has 0 saturated carbocycles. The van der Waals surface area contributed by atoms with Crippen molar-refractivity contribution >= 4 is 20.1 Å². The first kappa shape index (κ1) is 20.2. The smallest absolute Gasteiger partial charge is 0.282 e. The summed E-state index contributed by atoms with van der Waals surface area (Å²) < 4.78 is 57.7. The maximum absolute atomic E-state index is 12.1. The molecule has 0 saturated heterocycles. The Labute approximate surface area is 164 Å². The summed E-state index contributed by atoms with van der Waals surface area (Å²) in [5.41, 5.74) is 2.12. The average Bonchev–Trinajstić information content (AvgIpc) is 2.65. The Morgan fingerprint density at radius 2 is 1.32 bits per heavy atom. The van der Waals surface area contributed by atoms with Crippen LogP contribution in [-0.2, 0) is 33.0 Å². The lowest BCUT2D eigenvalue weighted by molar-refractivity contribution is 0.483. The van der Waals surface area contributed by atoms with Crippen LogP contribution in [0.3, 0.4) is 0 Å². The minimum Gasteiger partial charge on any atom is -0.282 e. The summed E-state index contributed by atoms with van der Waals surface area (Å²) in [6.07, 6.45) is 1.22. The van der Waals surface area contributed by atoms with Gasteiger partial charge >= 0.3 is 0 Å². The van der Waals surface area contributed by atoms with E-state index in [2.05, 4.69) is 0 Å². The van der Waals surface area contributed by atoms with Gasteiger partial charge < -0.3 is 0 Å². The molecular formula is C20H19NO5S2. The van der Waals surface area contributed by atoms with Gasteiger partial charge in [0.2, 0.25) is 10.0 Å². The highest BCUT2D eigenvalue weighted by Gasteiger charge is 2.25. The largest absolute Gasteiger partial charge is 0.295 e. The van der Waals surface area contributed by atoms with Crippen molar-refractivity contribution in [1.29, 1.82) is 0 Å². The third-order valence-corrected chi connectivity index (χ3v) is 6.23. The molecule has 0 spiro atoms. The van der Waals surface area contributed by atoms with Gasteiger partial charge in [0.1, 0.15) is 4.90 Å². The number of primary sulfonamides is 1. The van der Waals surface area contributed by atoms with Crippen molar-refractivity contribution in [1.82, 2.24) is 0 Å². The maximum atomic E-state index is 12.1. The second kappa shape index (κ2) is 7.84. The normalized spacial score (nSPS) is 12.1. The molecule has 0 aliphatic heterocycles. The molecule has 3 aromatic carbocycles. The summed E-state index contributed by atoms with van der Waals surface area (Å²) in [5, 5.41) is 5.32. The van der Waals surface area contributed by atoms with E-state index in [1.54, 1.807) is 24.3 Å². The zero-order valence-corrected chi connectivity index (χ0v) is 16.4. The van der Waals surface area contributed by atoms with Gasteiger partial charge in [0.25, 0.3) is 10.1 Å². The molecule has 6 nitrogen and oxygen atoms in total. The Kier molecular flexibility index (Phi) is 5.66. The second-order valence-corrected chi connectivity index (χ2v) is 9.21. The van der Waals surface area contributed by atoms with Gasteiger partial charge in [-0.1, -0.05) is 60.7 Å². The van der Waals surface area contributed by atoms with Gasteiger partial charge in [0.05, 0.1) is 4.90 Å². The van der Waals surface area contributed by atoms with E-state index in [1.807, 2.05) is 30.3 Å². The van der Waals surface area contributed by atoms with Crippen molar-refractivity contribution in [3.63, 3.8) is 0 Å². The van der Waals surface area contributed by atoms with Crippen molar-refractivity contribution in [2.75, 3.05) is 0 Å². The molecule has 3 aromatic rings. The third-order valence-electron chi connectivity index (χ3n) is 4.38. The Morgan fingerprint density at radius 1 is 0.714 bits per heavy atom. The summed E-state index contributed by atoms with van der Waals surface area (Å²) in [4.78, 5) is -0.846. The summed E-state index contributed by atoms with van der Waals surface area (Å²) >= 11 is 0. The van der Waals surface area contributed by atoms with Crippen LogP contribution < -0.4 is 5.14 Å². The van der Waals surface area contributed by atoms with Crippen LogP contribution >= 0.6 is 0 Å². The van der Waals surface area contributed by atoms with E-state index in [4.69, 9.17) is 5.14 Å². The highest BCUT2D eigenvalue weighted by Crippen LogP contribution is 2.35. The number of benzene rings is 3. The van der Waals surface area contributed by atoms with E-state index < -0.39 is 25.0 Å². The first-order valence-corrected chi connectivity index (χ1v) is 11.4. The Morgan fingerprint density at radius 3 is 1.96 bits per heavy atom. The fourth-order valence-electron chi connectivity index (χ4n) is 3.13. The first-order valence-electron chi connectivity index (χ1n) is 8.43. The standard InChI is InChI=1S/C20H19NO5S2/c21-27(22,23)18-11-6-12-19(28(24,25)26)20(18)17-10-5-4-9-16(17)14-13-15-7-2-1-3-8-15/h1-12H,13-14H2,(H2,21,22,23)(H,24,25,26).